The minimum absolute atomic E-state index is 0.0382. The van der Waals surface area contributed by atoms with Crippen molar-refractivity contribution in [3.63, 3.8) is 0 Å². The Morgan fingerprint density at radius 3 is 2.96 bits per heavy atom. The van der Waals surface area contributed by atoms with Gasteiger partial charge in [-0.3, -0.25) is 9.59 Å². The average molecular weight is 323 g/mol. The molecule has 7 nitrogen and oxygen atoms in total. The average Bonchev–Trinajstić information content (AvgIpc) is 3.02. The summed E-state index contributed by atoms with van der Waals surface area (Å²) in [5, 5.41) is 9.58. The number of H-pyrrole nitrogens is 1. The Labute approximate surface area is 138 Å². The predicted octanol–water partition coefficient (Wildman–Crippen LogP) is 1.42. The number of hydrogen-bond donors (Lipinski definition) is 1. The number of hydrogen-bond acceptors (Lipinski definition) is 4. The predicted molar refractivity (Wildman–Crippen MR) is 85.8 cm³/mol. The Kier molecular flexibility index (Phi) is 3.45. The van der Waals surface area contributed by atoms with E-state index in [1.54, 1.807) is 17.2 Å². The normalized spacial score (nSPS) is 18.0. The van der Waals surface area contributed by atoms with Crippen molar-refractivity contribution in [3.05, 3.63) is 29.6 Å². The second-order valence-electron chi connectivity index (χ2n) is 6.28. The second kappa shape index (κ2) is 5.64. The molecule has 4 rings (SSSR count). The van der Waals surface area contributed by atoms with Crippen molar-refractivity contribution in [2.24, 2.45) is 0 Å². The molecule has 0 bridgehead atoms. The first-order chi connectivity index (χ1) is 11.7. The van der Waals surface area contributed by atoms with Crippen LogP contribution in [0.5, 0.6) is 0 Å². The zero-order valence-corrected chi connectivity index (χ0v) is 13.2. The maximum absolute atomic E-state index is 12.9. The van der Waals surface area contributed by atoms with E-state index in [2.05, 4.69) is 9.97 Å². The van der Waals surface area contributed by atoms with Gasteiger partial charge in [-0.25, -0.2) is 4.98 Å². The summed E-state index contributed by atoms with van der Waals surface area (Å²) in [6, 6.07) is 3.80. The van der Waals surface area contributed by atoms with Gasteiger partial charge in [0.05, 0.1) is 11.6 Å². The number of aromatic nitrogens is 2. The van der Waals surface area contributed by atoms with Gasteiger partial charge in [-0.05, 0) is 24.5 Å². The van der Waals surface area contributed by atoms with Crippen molar-refractivity contribution in [2.75, 3.05) is 13.1 Å². The number of carbonyl (C=O) groups is 2. The van der Waals surface area contributed by atoms with Gasteiger partial charge >= 0.3 is 0 Å². The van der Waals surface area contributed by atoms with Crippen molar-refractivity contribution < 1.29 is 9.59 Å². The maximum atomic E-state index is 12.9. The Bertz CT molecular complexity index is 857. The van der Waals surface area contributed by atoms with E-state index in [0.717, 1.165) is 29.4 Å². The molecule has 7 heteroatoms. The second-order valence-corrected chi connectivity index (χ2v) is 6.28. The van der Waals surface area contributed by atoms with Crippen LogP contribution >= 0.6 is 0 Å². The van der Waals surface area contributed by atoms with E-state index >= 15 is 0 Å². The zero-order chi connectivity index (χ0) is 16.7. The number of likely N-dealkylation sites (tertiary alicyclic amines) is 1. The fourth-order valence-corrected chi connectivity index (χ4v) is 3.74. The van der Waals surface area contributed by atoms with Crippen molar-refractivity contribution in [2.45, 2.75) is 31.8 Å². The van der Waals surface area contributed by atoms with Crippen LogP contribution in [0.1, 0.15) is 35.2 Å². The lowest BCUT2D eigenvalue weighted by Gasteiger charge is -2.39. The summed E-state index contributed by atoms with van der Waals surface area (Å²) >= 11 is 0. The Balaban J connectivity index is 1.52. The molecule has 1 fully saturated rings. The highest BCUT2D eigenvalue weighted by molar-refractivity contribution is 6.08. The number of carbonyl (C=O) groups excluding carboxylic acids is 2. The van der Waals surface area contributed by atoms with Gasteiger partial charge in [-0.1, -0.05) is 0 Å². The zero-order valence-electron chi connectivity index (χ0n) is 13.2. The summed E-state index contributed by atoms with van der Waals surface area (Å²) in [5.74, 6) is -0.0824. The highest BCUT2D eigenvalue weighted by atomic mass is 16.2. The largest absolute Gasteiger partial charge is 0.346 e. The molecule has 2 aromatic rings. The summed E-state index contributed by atoms with van der Waals surface area (Å²) in [6.45, 7) is 1.77. The minimum Gasteiger partial charge on any atom is -0.346 e. The molecule has 0 atom stereocenters. The van der Waals surface area contributed by atoms with Crippen molar-refractivity contribution in [1.29, 1.82) is 5.26 Å². The van der Waals surface area contributed by atoms with E-state index in [-0.39, 0.29) is 24.3 Å². The summed E-state index contributed by atoms with van der Waals surface area (Å²) in [6.07, 6.45) is 5.00. The van der Waals surface area contributed by atoms with E-state index in [1.807, 2.05) is 17.2 Å². The molecule has 24 heavy (non-hydrogen) atoms. The third-order valence-corrected chi connectivity index (χ3v) is 4.98. The third kappa shape index (κ3) is 2.22. The topological polar surface area (TPSA) is 93.1 Å². The fourth-order valence-electron chi connectivity index (χ4n) is 3.74. The van der Waals surface area contributed by atoms with Crippen molar-refractivity contribution in [3.8, 4) is 6.07 Å². The smallest absolute Gasteiger partial charge is 0.255 e. The monoisotopic (exact) mass is 323 g/mol. The van der Waals surface area contributed by atoms with Gasteiger partial charge in [0.25, 0.3) is 5.91 Å². The standard InChI is InChI=1S/C17H17N5O2/c18-5-1-14(23)21-7-3-12(4-8-21)22-10-11-9-20-16-15(11)13(17(22)24)2-6-19-16/h2,6,9,12H,1,3-4,7-8,10H2,(H,19,20). The Morgan fingerprint density at radius 1 is 1.42 bits per heavy atom. The highest BCUT2D eigenvalue weighted by Gasteiger charge is 2.34. The highest BCUT2D eigenvalue weighted by Crippen LogP contribution is 2.31. The summed E-state index contributed by atoms with van der Waals surface area (Å²) in [5.41, 5.74) is 2.55. The van der Waals surface area contributed by atoms with Crippen LogP contribution in [0.4, 0.5) is 0 Å². The van der Waals surface area contributed by atoms with Crippen LogP contribution in [0.3, 0.4) is 0 Å². The number of nitriles is 1. The van der Waals surface area contributed by atoms with Gasteiger partial charge in [-0.15, -0.1) is 0 Å². The van der Waals surface area contributed by atoms with E-state index in [9.17, 15) is 9.59 Å². The molecule has 122 valence electrons. The van der Waals surface area contributed by atoms with Crippen LogP contribution in [-0.4, -0.2) is 50.7 Å². The first-order valence-electron chi connectivity index (χ1n) is 8.09. The van der Waals surface area contributed by atoms with Gasteiger partial charge in [0, 0.05) is 43.5 Å². The molecule has 1 N–H and O–H groups in total. The molecule has 0 radical (unpaired) electrons. The molecular weight excluding hydrogens is 306 g/mol. The van der Waals surface area contributed by atoms with Crippen LogP contribution in [0.25, 0.3) is 11.0 Å². The van der Waals surface area contributed by atoms with Gasteiger partial charge in [0.15, 0.2) is 0 Å². The molecule has 0 aromatic carbocycles. The Hall–Kier alpha value is -2.88. The number of nitrogens with one attached hydrogen (secondary N) is 1. The van der Waals surface area contributed by atoms with E-state index < -0.39 is 0 Å². The van der Waals surface area contributed by atoms with Crippen LogP contribution in [0, 0.1) is 11.3 Å². The number of amides is 2. The molecule has 2 amide bonds. The summed E-state index contributed by atoms with van der Waals surface area (Å²) < 4.78 is 0. The molecule has 0 spiro atoms. The maximum Gasteiger partial charge on any atom is 0.255 e. The molecule has 0 aliphatic carbocycles. The first kappa shape index (κ1) is 14.7. The first-order valence-corrected chi connectivity index (χ1v) is 8.09. The third-order valence-electron chi connectivity index (χ3n) is 4.98. The van der Waals surface area contributed by atoms with Gasteiger partial charge in [0.1, 0.15) is 12.1 Å². The SMILES string of the molecule is N#CCC(=O)N1CCC(N2Cc3c[nH]c4nccc(c34)C2=O)CC1. The van der Waals surface area contributed by atoms with Crippen LogP contribution < -0.4 is 0 Å². The van der Waals surface area contributed by atoms with E-state index in [4.69, 9.17) is 5.26 Å². The molecule has 2 aromatic heterocycles. The van der Waals surface area contributed by atoms with Crippen LogP contribution in [0.15, 0.2) is 18.5 Å². The number of rotatable bonds is 2. The summed E-state index contributed by atoms with van der Waals surface area (Å²) in [7, 11) is 0. The molecule has 2 aliphatic heterocycles. The minimum atomic E-state index is -0.121. The molecule has 2 aliphatic rings. The van der Waals surface area contributed by atoms with Crippen molar-refractivity contribution in [1.82, 2.24) is 19.8 Å². The Morgan fingerprint density at radius 2 is 2.21 bits per heavy atom. The fraction of sp³-hybridized carbons (Fsp3) is 0.412. The lowest BCUT2D eigenvalue weighted by molar-refractivity contribution is -0.131. The van der Waals surface area contributed by atoms with Gasteiger partial charge in [0.2, 0.25) is 5.91 Å². The molecule has 0 unspecified atom stereocenters. The summed E-state index contributed by atoms with van der Waals surface area (Å²) in [4.78, 5) is 35.7. The molecular formula is C17H17N5O2. The number of piperidine rings is 1. The number of pyridine rings is 1. The van der Waals surface area contributed by atoms with Crippen LogP contribution in [-0.2, 0) is 11.3 Å². The number of aromatic amines is 1. The lowest BCUT2D eigenvalue weighted by atomic mass is 9.96. The lowest BCUT2D eigenvalue weighted by Crippen LogP contribution is -2.49. The van der Waals surface area contributed by atoms with E-state index in [1.165, 1.54) is 0 Å². The molecule has 0 saturated carbocycles. The molecule has 4 heterocycles. The van der Waals surface area contributed by atoms with Crippen LogP contribution in [0.2, 0.25) is 0 Å². The molecule has 1 saturated heterocycles. The number of nitrogens with zero attached hydrogens (tertiary/aromatic N) is 4. The van der Waals surface area contributed by atoms with Gasteiger partial charge < -0.3 is 14.8 Å². The van der Waals surface area contributed by atoms with Crippen molar-refractivity contribution >= 4 is 22.8 Å². The quantitative estimate of drug-likeness (QED) is 0.904. The van der Waals surface area contributed by atoms with Gasteiger partial charge in [-0.2, -0.15) is 5.26 Å². The van der Waals surface area contributed by atoms with E-state index in [0.29, 0.717) is 25.2 Å².